The Kier molecular flexibility index (Phi) is 5.84. The van der Waals surface area contributed by atoms with E-state index in [1.807, 2.05) is 0 Å². The fourth-order valence-electron chi connectivity index (χ4n) is 0.934. The van der Waals surface area contributed by atoms with Gasteiger partial charge in [0.25, 0.3) is 0 Å². The number of carboxylic acid groups (broad SMARTS) is 1. The van der Waals surface area contributed by atoms with Gasteiger partial charge in [0.05, 0.1) is 12.5 Å². The first-order valence-corrected chi connectivity index (χ1v) is 4.06. The lowest BCUT2D eigenvalue weighted by molar-refractivity contribution is -0.139. The van der Waals surface area contributed by atoms with Crippen LogP contribution in [0.1, 0.15) is 39.0 Å². The topological polar surface area (TPSA) is 57.5 Å². The highest BCUT2D eigenvalue weighted by Crippen LogP contribution is 2.05. The average Bonchev–Trinajstić information content (AvgIpc) is 1.86. The molecule has 1 atom stereocenters. The number of aliphatic hydroxyl groups is 1. The highest BCUT2D eigenvalue weighted by atomic mass is 16.4. The monoisotopic (exact) mass is 160 g/mol. The Bertz CT molecular complexity index is 112. The van der Waals surface area contributed by atoms with E-state index in [9.17, 15) is 4.79 Å². The van der Waals surface area contributed by atoms with Crippen molar-refractivity contribution in [3.8, 4) is 0 Å². The molecule has 0 fully saturated rings. The minimum Gasteiger partial charge on any atom is -0.481 e. The van der Waals surface area contributed by atoms with Crippen LogP contribution in [-0.2, 0) is 4.79 Å². The van der Waals surface area contributed by atoms with E-state index in [0.29, 0.717) is 6.42 Å². The zero-order chi connectivity index (χ0) is 8.69. The molecular formula is C8H16O3. The molecule has 11 heavy (non-hydrogen) atoms. The van der Waals surface area contributed by atoms with Crippen LogP contribution in [0.25, 0.3) is 0 Å². The predicted octanol–water partition coefficient (Wildman–Crippen LogP) is 1.40. The van der Waals surface area contributed by atoms with Crippen molar-refractivity contribution in [2.24, 2.45) is 0 Å². The molecule has 0 aliphatic carbocycles. The number of aliphatic carboxylic acids is 1. The van der Waals surface area contributed by atoms with Crippen molar-refractivity contribution in [2.45, 2.75) is 45.1 Å². The third kappa shape index (κ3) is 7.33. The summed E-state index contributed by atoms with van der Waals surface area (Å²) >= 11 is 0. The molecule has 0 saturated carbocycles. The van der Waals surface area contributed by atoms with Gasteiger partial charge in [-0.2, -0.15) is 0 Å². The standard InChI is InChI=1S/C8H16O3/c1-2-3-4-5-7(9)6-8(10)11/h7,9H,2-6H2,1H3,(H,10,11). The smallest absolute Gasteiger partial charge is 0.305 e. The van der Waals surface area contributed by atoms with E-state index in [4.69, 9.17) is 10.2 Å². The molecule has 0 spiro atoms. The van der Waals surface area contributed by atoms with E-state index in [-0.39, 0.29) is 6.42 Å². The molecule has 1 unspecified atom stereocenters. The van der Waals surface area contributed by atoms with E-state index >= 15 is 0 Å². The minimum absolute atomic E-state index is 0.121. The summed E-state index contributed by atoms with van der Waals surface area (Å²) in [7, 11) is 0. The van der Waals surface area contributed by atoms with Gasteiger partial charge in [0.15, 0.2) is 0 Å². The average molecular weight is 160 g/mol. The minimum atomic E-state index is -0.922. The zero-order valence-corrected chi connectivity index (χ0v) is 6.92. The summed E-state index contributed by atoms with van der Waals surface area (Å²) < 4.78 is 0. The first-order chi connectivity index (χ1) is 5.16. The van der Waals surface area contributed by atoms with Gasteiger partial charge in [0.1, 0.15) is 0 Å². The number of carbonyl (C=O) groups is 1. The second-order valence-corrected chi connectivity index (χ2v) is 2.75. The Morgan fingerprint density at radius 1 is 1.45 bits per heavy atom. The van der Waals surface area contributed by atoms with Crippen LogP contribution in [0.2, 0.25) is 0 Å². The second-order valence-electron chi connectivity index (χ2n) is 2.75. The van der Waals surface area contributed by atoms with Gasteiger partial charge >= 0.3 is 5.97 Å². The SMILES string of the molecule is CCCCCC(O)CC(=O)O. The molecule has 0 bridgehead atoms. The van der Waals surface area contributed by atoms with Gasteiger partial charge in [-0.1, -0.05) is 26.2 Å². The molecule has 0 rings (SSSR count). The molecule has 0 aromatic heterocycles. The molecule has 0 aliphatic rings. The molecule has 0 saturated heterocycles. The van der Waals surface area contributed by atoms with E-state index in [0.717, 1.165) is 19.3 Å². The number of hydrogen-bond acceptors (Lipinski definition) is 2. The van der Waals surface area contributed by atoms with Crippen molar-refractivity contribution in [2.75, 3.05) is 0 Å². The van der Waals surface area contributed by atoms with Crippen molar-refractivity contribution >= 4 is 5.97 Å². The second kappa shape index (κ2) is 6.16. The summed E-state index contributed by atoms with van der Waals surface area (Å²) in [4.78, 5) is 10.1. The third-order valence-electron chi connectivity index (χ3n) is 1.55. The van der Waals surface area contributed by atoms with Gasteiger partial charge in [-0.05, 0) is 6.42 Å². The maximum Gasteiger partial charge on any atom is 0.305 e. The van der Waals surface area contributed by atoms with Crippen LogP contribution in [0.5, 0.6) is 0 Å². The van der Waals surface area contributed by atoms with Gasteiger partial charge in [-0.25, -0.2) is 0 Å². The van der Waals surface area contributed by atoms with Crippen LogP contribution < -0.4 is 0 Å². The quantitative estimate of drug-likeness (QED) is 0.577. The molecule has 0 amide bonds. The van der Waals surface area contributed by atoms with Gasteiger partial charge in [-0.3, -0.25) is 4.79 Å². The van der Waals surface area contributed by atoms with E-state index < -0.39 is 12.1 Å². The van der Waals surface area contributed by atoms with Crippen LogP contribution in [-0.4, -0.2) is 22.3 Å². The summed E-state index contributed by atoms with van der Waals surface area (Å²) in [6.07, 6.45) is 2.92. The van der Waals surface area contributed by atoms with Crippen LogP contribution in [0.3, 0.4) is 0 Å². The lowest BCUT2D eigenvalue weighted by atomic mass is 10.1. The molecule has 2 N–H and O–H groups in total. The van der Waals surface area contributed by atoms with Crippen molar-refractivity contribution < 1.29 is 15.0 Å². The molecule has 3 heteroatoms. The summed E-state index contributed by atoms with van der Waals surface area (Å²) in [6, 6.07) is 0. The number of aliphatic hydroxyl groups excluding tert-OH is 1. The predicted molar refractivity (Wildman–Crippen MR) is 42.4 cm³/mol. The largest absolute Gasteiger partial charge is 0.481 e. The first kappa shape index (κ1) is 10.4. The summed E-state index contributed by atoms with van der Waals surface area (Å²) in [5.41, 5.74) is 0. The lowest BCUT2D eigenvalue weighted by Crippen LogP contribution is -2.12. The Morgan fingerprint density at radius 3 is 2.55 bits per heavy atom. The van der Waals surface area contributed by atoms with Crippen molar-refractivity contribution in [1.82, 2.24) is 0 Å². The van der Waals surface area contributed by atoms with Crippen molar-refractivity contribution in [3.63, 3.8) is 0 Å². The van der Waals surface area contributed by atoms with Crippen LogP contribution >= 0.6 is 0 Å². The number of unbranched alkanes of at least 4 members (excludes halogenated alkanes) is 2. The highest BCUT2D eigenvalue weighted by Gasteiger charge is 2.07. The maximum atomic E-state index is 10.1. The molecular weight excluding hydrogens is 144 g/mol. The Morgan fingerprint density at radius 2 is 2.09 bits per heavy atom. The number of rotatable bonds is 6. The zero-order valence-electron chi connectivity index (χ0n) is 6.92. The fourth-order valence-corrected chi connectivity index (χ4v) is 0.934. The molecule has 0 aromatic rings. The first-order valence-electron chi connectivity index (χ1n) is 4.06. The van der Waals surface area contributed by atoms with Crippen molar-refractivity contribution in [3.05, 3.63) is 0 Å². The van der Waals surface area contributed by atoms with E-state index in [1.54, 1.807) is 0 Å². The fraction of sp³-hybridized carbons (Fsp3) is 0.875. The summed E-state index contributed by atoms with van der Waals surface area (Å²) in [5.74, 6) is -0.922. The maximum absolute atomic E-state index is 10.1. The van der Waals surface area contributed by atoms with Gasteiger partial charge in [-0.15, -0.1) is 0 Å². The van der Waals surface area contributed by atoms with Gasteiger partial charge in [0.2, 0.25) is 0 Å². The van der Waals surface area contributed by atoms with E-state index in [1.165, 1.54) is 0 Å². The van der Waals surface area contributed by atoms with Gasteiger partial charge in [0, 0.05) is 0 Å². The summed E-state index contributed by atoms with van der Waals surface area (Å²) in [6.45, 7) is 2.07. The molecule has 0 aliphatic heterocycles. The normalized spacial score (nSPS) is 12.9. The third-order valence-corrected chi connectivity index (χ3v) is 1.55. The Balaban J connectivity index is 3.22. The Hall–Kier alpha value is -0.570. The van der Waals surface area contributed by atoms with E-state index in [2.05, 4.69) is 6.92 Å². The molecule has 0 radical (unpaired) electrons. The molecule has 0 heterocycles. The lowest BCUT2D eigenvalue weighted by Gasteiger charge is -2.05. The summed E-state index contributed by atoms with van der Waals surface area (Å²) in [5, 5.41) is 17.3. The highest BCUT2D eigenvalue weighted by molar-refractivity contribution is 5.67. The van der Waals surface area contributed by atoms with Gasteiger partial charge < -0.3 is 10.2 Å². The molecule has 3 nitrogen and oxygen atoms in total. The van der Waals surface area contributed by atoms with Crippen molar-refractivity contribution in [1.29, 1.82) is 0 Å². The Labute approximate surface area is 67.0 Å². The number of hydrogen-bond donors (Lipinski definition) is 2. The van der Waals surface area contributed by atoms with Crippen LogP contribution in [0, 0.1) is 0 Å². The van der Waals surface area contributed by atoms with Crippen LogP contribution in [0.4, 0.5) is 0 Å². The molecule has 0 aromatic carbocycles. The molecule has 66 valence electrons. The number of carboxylic acids is 1. The van der Waals surface area contributed by atoms with Crippen LogP contribution in [0.15, 0.2) is 0 Å².